The average molecular weight is 633 g/mol. The number of likely N-dealkylation sites (tertiary alicyclic amines) is 1. The molecule has 1 spiro atoms. The Morgan fingerprint density at radius 1 is 1.29 bits per heavy atom. The Morgan fingerprint density at radius 3 is 2.68 bits per heavy atom. The largest absolute Gasteiger partial charge is 0.460 e. The van der Waals surface area contributed by atoms with Gasteiger partial charge in [-0.25, -0.2) is 0 Å². The molecule has 2 bridgehead atoms. The highest BCUT2D eigenvalue weighted by Crippen LogP contribution is 2.60. The smallest absolute Gasteiger partial charge is 0.312 e. The number of hydrogen-bond donors (Lipinski definition) is 2. The van der Waals surface area contributed by atoms with Gasteiger partial charge in [0, 0.05) is 30.9 Å². The molecule has 10 nitrogen and oxygen atoms in total. The Balaban J connectivity index is 1.58. The molecule has 3 amide bonds. The van der Waals surface area contributed by atoms with Crippen molar-refractivity contribution in [1.29, 1.82) is 0 Å². The maximum absolute atomic E-state index is 14.2. The van der Waals surface area contributed by atoms with E-state index in [9.17, 15) is 24.3 Å². The summed E-state index contributed by atoms with van der Waals surface area (Å²) >= 11 is 3.63. The highest BCUT2D eigenvalue weighted by molar-refractivity contribution is 9.09. The fourth-order valence-corrected chi connectivity index (χ4v) is 7.23. The standard InChI is InChI=1S/C30H38BrN3O7/c1-4-6-12-22(36)32-17-19(3)40-29(39)23-24-27(37)34(14-15-35)26(30(24)16-21(31)25(23)41-30)28(38)33(13-5-2)18-20-10-8-7-9-11-20/h4-5,7-11,19,21,23-26,35H,1-2,6,12-18H2,3H3,(H,32,36)/t19-,21?,23+,24-,25+,26+,30-/m1/s1. The van der Waals surface area contributed by atoms with Crippen molar-refractivity contribution in [2.45, 2.75) is 61.4 Å². The molecule has 4 rings (SSSR count). The van der Waals surface area contributed by atoms with E-state index >= 15 is 0 Å². The number of fused-ring (bicyclic) bond motifs is 1. The quantitative estimate of drug-likeness (QED) is 0.183. The predicted molar refractivity (Wildman–Crippen MR) is 155 cm³/mol. The van der Waals surface area contributed by atoms with Crippen LogP contribution in [0.25, 0.3) is 0 Å². The number of amides is 3. The number of rotatable bonds is 14. The first-order valence-electron chi connectivity index (χ1n) is 13.9. The number of nitrogens with zero attached hydrogens (tertiary/aromatic N) is 2. The minimum absolute atomic E-state index is 0.0728. The Labute approximate surface area is 248 Å². The number of halogens is 1. The third-order valence-electron chi connectivity index (χ3n) is 7.99. The molecule has 2 N–H and O–H groups in total. The molecule has 3 aliphatic rings. The summed E-state index contributed by atoms with van der Waals surface area (Å²) in [7, 11) is 0. The predicted octanol–water partition coefficient (Wildman–Crippen LogP) is 1.96. The summed E-state index contributed by atoms with van der Waals surface area (Å²) in [6, 6.07) is 8.47. The number of aliphatic hydroxyl groups is 1. The van der Waals surface area contributed by atoms with Gasteiger partial charge >= 0.3 is 5.97 Å². The van der Waals surface area contributed by atoms with Gasteiger partial charge in [-0.05, 0) is 25.3 Å². The normalized spacial score (nSPS) is 28.6. The first kappa shape index (κ1) is 30.9. The molecule has 11 heteroatoms. The zero-order valence-corrected chi connectivity index (χ0v) is 24.8. The first-order chi connectivity index (χ1) is 19.7. The lowest BCUT2D eigenvalue weighted by molar-refractivity contribution is -0.159. The zero-order valence-electron chi connectivity index (χ0n) is 23.2. The van der Waals surface area contributed by atoms with Gasteiger partial charge in [0.1, 0.15) is 17.7 Å². The third-order valence-corrected chi connectivity index (χ3v) is 8.84. The van der Waals surface area contributed by atoms with Crippen molar-refractivity contribution in [3.05, 3.63) is 61.2 Å². The van der Waals surface area contributed by atoms with Crippen molar-refractivity contribution in [3.8, 4) is 0 Å². The summed E-state index contributed by atoms with van der Waals surface area (Å²) in [5.41, 5.74) is -0.346. The molecule has 3 fully saturated rings. The van der Waals surface area contributed by atoms with E-state index in [1.165, 1.54) is 4.90 Å². The number of carbonyl (C=O) groups excluding carboxylic acids is 4. The van der Waals surface area contributed by atoms with Crippen LogP contribution in [0.3, 0.4) is 0 Å². The number of carbonyl (C=O) groups is 4. The van der Waals surface area contributed by atoms with E-state index in [0.717, 1.165) is 5.56 Å². The van der Waals surface area contributed by atoms with Crippen LogP contribution in [0.1, 0.15) is 31.7 Å². The highest BCUT2D eigenvalue weighted by atomic mass is 79.9. The van der Waals surface area contributed by atoms with Crippen molar-refractivity contribution in [1.82, 2.24) is 15.1 Å². The van der Waals surface area contributed by atoms with Gasteiger partial charge in [0.15, 0.2) is 0 Å². The van der Waals surface area contributed by atoms with Gasteiger partial charge in [0.05, 0.1) is 31.1 Å². The highest BCUT2D eigenvalue weighted by Gasteiger charge is 2.77. The Kier molecular flexibility index (Phi) is 10.0. The van der Waals surface area contributed by atoms with Crippen LogP contribution in [0, 0.1) is 11.8 Å². The summed E-state index contributed by atoms with van der Waals surface area (Å²) in [6.45, 7) is 9.31. The number of allylic oxidation sites excluding steroid dienone is 1. The molecule has 1 aromatic carbocycles. The van der Waals surface area contributed by atoms with Crippen LogP contribution in [-0.2, 0) is 35.2 Å². The first-order valence-corrected chi connectivity index (χ1v) is 14.8. The van der Waals surface area contributed by atoms with E-state index in [1.54, 1.807) is 24.0 Å². The Bertz CT molecular complexity index is 1160. The molecule has 3 saturated heterocycles. The number of aliphatic hydroxyl groups excluding tert-OH is 1. The van der Waals surface area contributed by atoms with Gasteiger partial charge in [0.2, 0.25) is 17.7 Å². The van der Waals surface area contributed by atoms with E-state index in [4.69, 9.17) is 9.47 Å². The van der Waals surface area contributed by atoms with E-state index in [2.05, 4.69) is 34.4 Å². The van der Waals surface area contributed by atoms with Gasteiger partial charge < -0.3 is 29.7 Å². The molecular weight excluding hydrogens is 594 g/mol. The van der Waals surface area contributed by atoms with E-state index in [1.807, 2.05) is 30.3 Å². The number of esters is 1. The number of β-amino-alcohol motifs (C(OH)–C–C–N with tert-alkyl or cyclic N) is 1. The number of alkyl halides is 1. The summed E-state index contributed by atoms with van der Waals surface area (Å²) in [5.74, 6) is -3.42. The summed E-state index contributed by atoms with van der Waals surface area (Å²) in [4.78, 5) is 56.3. The fraction of sp³-hybridized carbons (Fsp3) is 0.533. The molecule has 0 saturated carbocycles. The van der Waals surface area contributed by atoms with Crippen LogP contribution in [0.5, 0.6) is 0 Å². The number of hydrogen-bond acceptors (Lipinski definition) is 7. The maximum atomic E-state index is 14.2. The monoisotopic (exact) mass is 631 g/mol. The average Bonchev–Trinajstić information content (AvgIpc) is 3.54. The SMILES string of the molecule is C=CCCC(=O)NC[C@@H](C)OC(=O)[C@@H]1[C@H]2O[C@@]3(CC2Br)[C@H](C(=O)N(CC=C)Cc2ccccc2)N(CCO)C(=O)[C@@H]13. The Hall–Kier alpha value is -3.02. The minimum atomic E-state index is -1.26. The number of nitrogens with one attached hydrogen (secondary N) is 1. The lowest BCUT2D eigenvalue weighted by Crippen LogP contribution is -2.56. The van der Waals surface area contributed by atoms with Crippen LogP contribution >= 0.6 is 15.9 Å². The second-order valence-electron chi connectivity index (χ2n) is 10.8. The van der Waals surface area contributed by atoms with Crippen molar-refractivity contribution in [2.75, 3.05) is 26.2 Å². The van der Waals surface area contributed by atoms with E-state index < -0.39 is 47.6 Å². The van der Waals surface area contributed by atoms with Crippen LogP contribution in [0.2, 0.25) is 0 Å². The van der Waals surface area contributed by atoms with E-state index in [0.29, 0.717) is 19.4 Å². The number of benzene rings is 1. The zero-order chi connectivity index (χ0) is 29.7. The lowest BCUT2D eigenvalue weighted by atomic mass is 9.70. The third kappa shape index (κ3) is 6.12. The number of ether oxygens (including phenoxy) is 2. The van der Waals surface area contributed by atoms with Crippen LogP contribution in [-0.4, -0.2) is 93.5 Å². The van der Waals surface area contributed by atoms with Gasteiger partial charge in [-0.3, -0.25) is 19.2 Å². The molecule has 0 radical (unpaired) electrons. The van der Waals surface area contributed by atoms with Crippen molar-refractivity contribution < 1.29 is 33.8 Å². The molecule has 7 atom stereocenters. The second kappa shape index (κ2) is 13.3. The minimum Gasteiger partial charge on any atom is -0.460 e. The molecule has 1 unspecified atom stereocenters. The van der Waals surface area contributed by atoms with Crippen molar-refractivity contribution in [2.24, 2.45) is 11.8 Å². The molecular formula is C30H38BrN3O7. The fourth-order valence-electron chi connectivity index (χ4n) is 6.29. The van der Waals surface area contributed by atoms with Gasteiger partial charge in [-0.1, -0.05) is 58.4 Å². The molecule has 41 heavy (non-hydrogen) atoms. The molecule has 222 valence electrons. The molecule has 3 aliphatic heterocycles. The lowest BCUT2D eigenvalue weighted by Gasteiger charge is -2.37. The summed E-state index contributed by atoms with van der Waals surface area (Å²) in [5, 5.41) is 12.6. The molecule has 0 aliphatic carbocycles. The second-order valence-corrected chi connectivity index (χ2v) is 12.0. The summed E-state index contributed by atoms with van der Waals surface area (Å²) in [6.07, 6.45) is 3.14. The molecule has 3 heterocycles. The topological polar surface area (TPSA) is 125 Å². The van der Waals surface area contributed by atoms with Crippen LogP contribution < -0.4 is 5.32 Å². The Morgan fingerprint density at radius 2 is 2.02 bits per heavy atom. The molecule has 0 aromatic heterocycles. The van der Waals surface area contributed by atoms with Gasteiger partial charge in [-0.2, -0.15) is 0 Å². The van der Waals surface area contributed by atoms with Crippen molar-refractivity contribution >= 4 is 39.6 Å². The van der Waals surface area contributed by atoms with E-state index in [-0.39, 0.29) is 49.3 Å². The van der Waals surface area contributed by atoms with Gasteiger partial charge in [0.25, 0.3) is 0 Å². The summed E-state index contributed by atoms with van der Waals surface area (Å²) < 4.78 is 12.2. The van der Waals surface area contributed by atoms with Crippen LogP contribution in [0.15, 0.2) is 55.6 Å². The van der Waals surface area contributed by atoms with Crippen molar-refractivity contribution in [3.63, 3.8) is 0 Å². The van der Waals surface area contributed by atoms with Crippen LogP contribution in [0.4, 0.5) is 0 Å². The molecule has 1 aromatic rings. The van der Waals surface area contributed by atoms with Gasteiger partial charge in [-0.15, -0.1) is 13.2 Å². The maximum Gasteiger partial charge on any atom is 0.312 e.